The van der Waals surface area contributed by atoms with E-state index in [0.717, 1.165) is 43.8 Å². The second-order valence-corrected chi connectivity index (χ2v) is 7.25. The minimum absolute atomic E-state index is 0.184. The van der Waals surface area contributed by atoms with Gasteiger partial charge in [-0.2, -0.15) is 0 Å². The molecule has 1 N–H and O–H groups in total. The van der Waals surface area contributed by atoms with E-state index in [9.17, 15) is 4.79 Å². The summed E-state index contributed by atoms with van der Waals surface area (Å²) >= 11 is 0. The molecule has 4 rings (SSSR count). The van der Waals surface area contributed by atoms with Crippen LogP contribution in [0.5, 0.6) is 0 Å². The first-order valence-corrected chi connectivity index (χ1v) is 9.16. The molecule has 1 atom stereocenters. The van der Waals surface area contributed by atoms with Gasteiger partial charge in [-0.3, -0.25) is 4.79 Å². The van der Waals surface area contributed by atoms with Gasteiger partial charge in [-0.25, -0.2) is 4.98 Å². The summed E-state index contributed by atoms with van der Waals surface area (Å²) in [5.74, 6) is 1.20. The molecule has 1 aromatic heterocycles. The van der Waals surface area contributed by atoms with E-state index < -0.39 is 0 Å². The Bertz CT molecular complexity index is 777. The molecule has 2 aliphatic heterocycles. The number of aromatic nitrogens is 2. The maximum atomic E-state index is 11.4. The summed E-state index contributed by atoms with van der Waals surface area (Å²) in [6.07, 6.45) is 2.04. The lowest BCUT2D eigenvalue weighted by Crippen LogP contribution is -2.46. The fraction of sp³-hybridized carbons (Fsp3) is 0.579. The molecular weight excluding hydrogens is 316 g/mol. The molecular formula is C19H26N4O2. The minimum atomic E-state index is 0.184. The van der Waals surface area contributed by atoms with Crippen molar-refractivity contribution < 1.29 is 9.53 Å². The highest BCUT2D eigenvalue weighted by atomic mass is 16.5. The van der Waals surface area contributed by atoms with Crippen molar-refractivity contribution in [1.29, 1.82) is 0 Å². The number of nitrogens with zero attached hydrogens (tertiary/aromatic N) is 3. The number of carbonyl (C=O) groups is 1. The molecule has 2 aromatic rings. The minimum Gasteiger partial charge on any atom is -0.371 e. The summed E-state index contributed by atoms with van der Waals surface area (Å²) in [6, 6.07) is 7.20. The number of hydrogen-bond donors (Lipinski definition) is 1. The Morgan fingerprint density at radius 2 is 2.16 bits per heavy atom. The van der Waals surface area contributed by atoms with E-state index in [1.807, 2.05) is 4.90 Å². The van der Waals surface area contributed by atoms with Crippen LogP contribution in [0.25, 0.3) is 11.0 Å². The molecule has 1 saturated heterocycles. The van der Waals surface area contributed by atoms with Crippen LogP contribution in [-0.2, 0) is 16.1 Å². The summed E-state index contributed by atoms with van der Waals surface area (Å²) < 4.78 is 8.12. The van der Waals surface area contributed by atoms with Crippen molar-refractivity contribution in [2.24, 2.45) is 0 Å². The monoisotopic (exact) mass is 342 g/mol. The maximum absolute atomic E-state index is 11.4. The molecule has 2 aliphatic rings. The molecule has 1 amide bonds. The molecule has 0 spiro atoms. The SMILES string of the molecule is CC(=O)N1CCC(NCC2COCc3nc4cc(C)ccc4n32)CC1. The largest absolute Gasteiger partial charge is 0.371 e. The van der Waals surface area contributed by atoms with Gasteiger partial charge in [-0.05, 0) is 37.5 Å². The van der Waals surface area contributed by atoms with Gasteiger partial charge >= 0.3 is 0 Å². The van der Waals surface area contributed by atoms with Gasteiger partial charge in [0, 0.05) is 32.6 Å². The second-order valence-electron chi connectivity index (χ2n) is 7.25. The number of likely N-dealkylation sites (tertiary alicyclic amines) is 1. The average molecular weight is 342 g/mol. The number of hydrogen-bond acceptors (Lipinski definition) is 4. The van der Waals surface area contributed by atoms with Gasteiger partial charge in [0.2, 0.25) is 5.91 Å². The van der Waals surface area contributed by atoms with E-state index in [1.165, 1.54) is 11.1 Å². The van der Waals surface area contributed by atoms with Crippen molar-refractivity contribution in [2.75, 3.05) is 26.2 Å². The Hall–Kier alpha value is -1.92. The highest BCUT2D eigenvalue weighted by Gasteiger charge is 2.26. The molecule has 6 heteroatoms. The first-order valence-electron chi connectivity index (χ1n) is 9.16. The van der Waals surface area contributed by atoms with Crippen LogP contribution in [0, 0.1) is 6.92 Å². The third kappa shape index (κ3) is 3.28. The van der Waals surface area contributed by atoms with Gasteiger partial charge in [-0.1, -0.05) is 6.07 Å². The van der Waals surface area contributed by atoms with Crippen LogP contribution in [0.1, 0.15) is 37.2 Å². The Kier molecular flexibility index (Phi) is 4.48. The van der Waals surface area contributed by atoms with Crippen LogP contribution in [-0.4, -0.2) is 52.6 Å². The summed E-state index contributed by atoms with van der Waals surface area (Å²) in [4.78, 5) is 18.1. The van der Waals surface area contributed by atoms with Crippen LogP contribution >= 0.6 is 0 Å². The fourth-order valence-electron chi connectivity index (χ4n) is 3.98. The average Bonchev–Trinajstić information content (AvgIpc) is 2.98. The standard InChI is InChI=1S/C19H26N4O2/c1-13-3-4-18-17(9-13)21-19-12-25-11-16(23(18)19)10-20-15-5-7-22(8-6-15)14(2)24/h3-4,9,15-16,20H,5-8,10-12H2,1-2H3. The number of aryl methyl sites for hydroxylation is 1. The smallest absolute Gasteiger partial charge is 0.219 e. The second kappa shape index (κ2) is 6.77. The molecule has 1 fully saturated rings. The number of piperidine rings is 1. The normalized spacial score (nSPS) is 21.5. The molecule has 1 unspecified atom stereocenters. The number of benzene rings is 1. The lowest BCUT2D eigenvalue weighted by atomic mass is 10.0. The van der Waals surface area contributed by atoms with Crippen LogP contribution in [0.2, 0.25) is 0 Å². The van der Waals surface area contributed by atoms with Crippen molar-refractivity contribution >= 4 is 16.9 Å². The number of rotatable bonds is 3. The zero-order chi connectivity index (χ0) is 17.4. The van der Waals surface area contributed by atoms with E-state index in [0.29, 0.717) is 19.3 Å². The first kappa shape index (κ1) is 16.5. The first-order chi connectivity index (χ1) is 12.1. The van der Waals surface area contributed by atoms with Gasteiger partial charge in [0.15, 0.2) is 0 Å². The van der Waals surface area contributed by atoms with Crippen LogP contribution in [0.4, 0.5) is 0 Å². The van der Waals surface area contributed by atoms with Gasteiger partial charge in [0.05, 0.1) is 23.7 Å². The molecule has 134 valence electrons. The van der Waals surface area contributed by atoms with Gasteiger partial charge in [-0.15, -0.1) is 0 Å². The van der Waals surface area contributed by atoms with Gasteiger partial charge < -0.3 is 19.5 Å². The predicted octanol–water partition coefficient (Wildman–Crippen LogP) is 2.02. The Labute approximate surface area is 148 Å². The number of ether oxygens (including phenoxy) is 1. The quantitative estimate of drug-likeness (QED) is 0.927. The van der Waals surface area contributed by atoms with Crippen molar-refractivity contribution in [2.45, 2.75) is 45.4 Å². The summed E-state index contributed by atoms with van der Waals surface area (Å²) in [5.41, 5.74) is 3.48. The molecule has 6 nitrogen and oxygen atoms in total. The Morgan fingerprint density at radius 3 is 2.92 bits per heavy atom. The number of fused-ring (bicyclic) bond motifs is 3. The zero-order valence-corrected chi connectivity index (χ0v) is 15.0. The van der Waals surface area contributed by atoms with E-state index in [4.69, 9.17) is 9.72 Å². The fourth-order valence-corrected chi connectivity index (χ4v) is 3.98. The lowest BCUT2D eigenvalue weighted by Gasteiger charge is -2.33. The van der Waals surface area contributed by atoms with E-state index in [1.54, 1.807) is 6.92 Å². The lowest BCUT2D eigenvalue weighted by molar-refractivity contribution is -0.129. The third-order valence-electron chi connectivity index (χ3n) is 5.41. The summed E-state index contributed by atoms with van der Waals surface area (Å²) in [7, 11) is 0. The predicted molar refractivity (Wildman–Crippen MR) is 96.4 cm³/mol. The molecule has 0 saturated carbocycles. The van der Waals surface area contributed by atoms with E-state index >= 15 is 0 Å². The highest BCUT2D eigenvalue weighted by molar-refractivity contribution is 5.77. The van der Waals surface area contributed by atoms with E-state index in [2.05, 4.69) is 35.0 Å². The Morgan fingerprint density at radius 1 is 1.36 bits per heavy atom. The zero-order valence-electron chi connectivity index (χ0n) is 15.0. The molecule has 25 heavy (non-hydrogen) atoms. The third-order valence-corrected chi connectivity index (χ3v) is 5.41. The van der Waals surface area contributed by atoms with Gasteiger partial charge in [0.25, 0.3) is 0 Å². The topological polar surface area (TPSA) is 59.4 Å². The Balaban J connectivity index is 1.45. The van der Waals surface area contributed by atoms with Crippen LogP contribution < -0.4 is 5.32 Å². The number of imidazole rings is 1. The molecule has 0 aliphatic carbocycles. The maximum Gasteiger partial charge on any atom is 0.219 e. The van der Waals surface area contributed by atoms with Crippen molar-refractivity contribution in [3.63, 3.8) is 0 Å². The molecule has 3 heterocycles. The number of nitrogens with one attached hydrogen (secondary N) is 1. The number of carbonyl (C=O) groups excluding carboxylic acids is 1. The van der Waals surface area contributed by atoms with E-state index in [-0.39, 0.29) is 11.9 Å². The highest BCUT2D eigenvalue weighted by Crippen LogP contribution is 2.26. The summed E-state index contributed by atoms with van der Waals surface area (Å²) in [5, 5.41) is 3.69. The molecule has 0 radical (unpaired) electrons. The number of amides is 1. The molecule has 1 aromatic carbocycles. The van der Waals surface area contributed by atoms with Crippen molar-refractivity contribution in [1.82, 2.24) is 19.8 Å². The van der Waals surface area contributed by atoms with Crippen LogP contribution in [0.3, 0.4) is 0 Å². The summed E-state index contributed by atoms with van der Waals surface area (Å²) in [6.45, 7) is 7.63. The molecule has 0 bridgehead atoms. The van der Waals surface area contributed by atoms with Gasteiger partial charge in [0.1, 0.15) is 12.4 Å². The van der Waals surface area contributed by atoms with Crippen molar-refractivity contribution in [3.05, 3.63) is 29.6 Å². The van der Waals surface area contributed by atoms with Crippen LogP contribution in [0.15, 0.2) is 18.2 Å². The van der Waals surface area contributed by atoms with Crippen molar-refractivity contribution in [3.8, 4) is 0 Å².